The number of benzene rings is 2. The zero-order valence-electron chi connectivity index (χ0n) is 12.3. The van der Waals surface area contributed by atoms with E-state index in [1.807, 2.05) is 0 Å². The number of esters is 1. The topological polar surface area (TPSA) is 78.7 Å². The molecule has 0 aliphatic carbocycles. The Labute approximate surface area is 131 Å². The molecule has 2 aromatic carbocycles. The van der Waals surface area contributed by atoms with E-state index in [2.05, 4.69) is 0 Å². The summed E-state index contributed by atoms with van der Waals surface area (Å²) in [5.41, 5.74) is 0.0146. The van der Waals surface area contributed by atoms with Gasteiger partial charge in [-0.15, -0.1) is 0 Å². The molecule has 6 nitrogen and oxygen atoms in total. The summed E-state index contributed by atoms with van der Waals surface area (Å²) >= 11 is 0. The van der Waals surface area contributed by atoms with Crippen LogP contribution >= 0.6 is 0 Å². The van der Waals surface area contributed by atoms with Crippen molar-refractivity contribution < 1.29 is 23.6 Å². The number of carbonyl (C=O) groups is 1. The van der Waals surface area contributed by atoms with Gasteiger partial charge in [0.1, 0.15) is 30.3 Å². The molecule has 0 saturated carbocycles. The first-order chi connectivity index (χ1) is 11.0. The Morgan fingerprint density at radius 3 is 2.52 bits per heavy atom. The summed E-state index contributed by atoms with van der Waals surface area (Å²) in [7, 11) is 0. The highest BCUT2D eigenvalue weighted by Gasteiger charge is 2.23. The number of nitro benzene ring substituents is 1. The van der Waals surface area contributed by atoms with Gasteiger partial charge in [-0.25, -0.2) is 9.18 Å². The minimum Gasteiger partial charge on any atom is -0.490 e. The van der Waals surface area contributed by atoms with Gasteiger partial charge in [-0.3, -0.25) is 10.1 Å². The van der Waals surface area contributed by atoms with Crippen molar-refractivity contribution in [3.8, 4) is 5.75 Å². The first-order valence-corrected chi connectivity index (χ1v) is 6.78. The molecule has 2 rings (SSSR count). The Morgan fingerprint density at radius 1 is 1.17 bits per heavy atom. The molecule has 0 saturated heterocycles. The van der Waals surface area contributed by atoms with Crippen LogP contribution in [0, 0.1) is 22.9 Å². The van der Waals surface area contributed by atoms with E-state index < -0.39 is 10.9 Å². The molecule has 0 fully saturated rings. The third-order valence-electron chi connectivity index (χ3n) is 3.04. The normalized spacial score (nSPS) is 10.2. The number of hydrogen-bond donors (Lipinski definition) is 0. The zero-order valence-corrected chi connectivity index (χ0v) is 12.3. The van der Waals surface area contributed by atoms with Gasteiger partial charge in [-0.2, -0.15) is 0 Å². The zero-order chi connectivity index (χ0) is 16.8. The fraction of sp³-hybridized carbons (Fsp3) is 0.188. The van der Waals surface area contributed by atoms with Crippen LogP contribution in [0.5, 0.6) is 5.75 Å². The predicted octanol–water partition coefficient (Wildman–Crippen LogP) is 3.28. The molecule has 0 atom stereocenters. The molecular formula is C16H14FNO5. The summed E-state index contributed by atoms with van der Waals surface area (Å²) in [6.07, 6.45) is 0. The first-order valence-electron chi connectivity index (χ1n) is 6.78. The Bertz CT molecular complexity index is 715. The van der Waals surface area contributed by atoms with Crippen LogP contribution in [-0.2, 0) is 4.74 Å². The highest BCUT2D eigenvalue weighted by Crippen LogP contribution is 2.23. The summed E-state index contributed by atoms with van der Waals surface area (Å²) in [4.78, 5) is 22.4. The average molecular weight is 319 g/mol. The molecule has 0 radical (unpaired) electrons. The summed E-state index contributed by atoms with van der Waals surface area (Å²) in [5, 5.41) is 11.0. The first kappa shape index (κ1) is 16.4. The van der Waals surface area contributed by atoms with Crippen molar-refractivity contribution in [3.05, 3.63) is 69.5 Å². The van der Waals surface area contributed by atoms with Crippen molar-refractivity contribution in [2.75, 3.05) is 13.2 Å². The largest absolute Gasteiger partial charge is 0.490 e. The molecule has 0 unspecified atom stereocenters. The van der Waals surface area contributed by atoms with E-state index in [9.17, 15) is 19.3 Å². The SMILES string of the molecule is Cc1cccc(C(=O)OCCOc2ccc(F)cc2)c1[N+](=O)[O-]. The molecular weight excluding hydrogens is 305 g/mol. The molecule has 7 heteroatoms. The van der Waals surface area contributed by atoms with Gasteiger partial charge in [0.25, 0.3) is 5.69 Å². The maximum absolute atomic E-state index is 12.7. The molecule has 0 heterocycles. The number of ether oxygens (including phenoxy) is 2. The molecule has 0 aliphatic heterocycles. The molecule has 120 valence electrons. The third-order valence-corrected chi connectivity index (χ3v) is 3.04. The van der Waals surface area contributed by atoms with Crippen molar-refractivity contribution in [2.45, 2.75) is 6.92 Å². The lowest BCUT2D eigenvalue weighted by Gasteiger charge is -2.08. The highest BCUT2D eigenvalue weighted by molar-refractivity contribution is 5.94. The van der Waals surface area contributed by atoms with Crippen LogP contribution < -0.4 is 4.74 Å². The van der Waals surface area contributed by atoms with Gasteiger partial charge in [-0.1, -0.05) is 12.1 Å². The van der Waals surface area contributed by atoms with Crippen LogP contribution in [0.2, 0.25) is 0 Å². The minimum absolute atomic E-state index is 0.0526. The molecule has 0 bridgehead atoms. The predicted molar refractivity (Wildman–Crippen MR) is 80.0 cm³/mol. The number of nitro groups is 1. The minimum atomic E-state index is -0.789. The fourth-order valence-corrected chi connectivity index (χ4v) is 1.97. The second-order valence-electron chi connectivity index (χ2n) is 4.67. The Kier molecular flexibility index (Phi) is 5.24. The van der Waals surface area contributed by atoms with E-state index in [1.165, 1.54) is 30.3 Å². The van der Waals surface area contributed by atoms with Gasteiger partial charge in [0.2, 0.25) is 0 Å². The Morgan fingerprint density at radius 2 is 1.87 bits per heavy atom. The molecule has 0 spiro atoms. The fourth-order valence-electron chi connectivity index (χ4n) is 1.97. The number of nitrogens with zero attached hydrogens (tertiary/aromatic N) is 1. The quantitative estimate of drug-likeness (QED) is 0.353. The van der Waals surface area contributed by atoms with Crippen molar-refractivity contribution in [2.24, 2.45) is 0 Å². The summed E-state index contributed by atoms with van der Waals surface area (Å²) < 4.78 is 23.0. The standard InChI is InChI=1S/C16H14FNO5/c1-11-3-2-4-14(15(11)18(20)21)16(19)23-10-9-22-13-7-5-12(17)6-8-13/h2-8H,9-10H2,1H3. The van der Waals surface area contributed by atoms with Crippen LogP contribution in [0.25, 0.3) is 0 Å². The number of carbonyl (C=O) groups excluding carboxylic acids is 1. The lowest BCUT2D eigenvalue weighted by Crippen LogP contribution is -2.14. The van der Waals surface area contributed by atoms with Gasteiger partial charge < -0.3 is 9.47 Å². The molecule has 0 N–H and O–H groups in total. The molecule has 0 amide bonds. The molecule has 23 heavy (non-hydrogen) atoms. The smallest absolute Gasteiger partial charge is 0.345 e. The van der Waals surface area contributed by atoms with Crippen molar-refractivity contribution >= 4 is 11.7 Å². The number of hydrogen-bond acceptors (Lipinski definition) is 5. The van der Waals surface area contributed by atoms with Gasteiger partial charge in [0.05, 0.1) is 4.92 Å². The van der Waals surface area contributed by atoms with E-state index in [0.717, 1.165) is 0 Å². The Hall–Kier alpha value is -2.96. The second kappa shape index (κ2) is 7.35. The lowest BCUT2D eigenvalue weighted by atomic mass is 10.1. The van der Waals surface area contributed by atoms with Crippen LogP contribution in [0.4, 0.5) is 10.1 Å². The second-order valence-corrected chi connectivity index (χ2v) is 4.67. The Balaban J connectivity index is 1.91. The maximum atomic E-state index is 12.7. The maximum Gasteiger partial charge on any atom is 0.345 e. The van der Waals surface area contributed by atoms with Gasteiger partial charge in [0, 0.05) is 5.56 Å². The van der Waals surface area contributed by atoms with Crippen molar-refractivity contribution in [1.29, 1.82) is 0 Å². The summed E-state index contributed by atoms with van der Waals surface area (Å²) in [6, 6.07) is 9.83. The van der Waals surface area contributed by atoms with Crippen LogP contribution in [0.3, 0.4) is 0 Å². The van der Waals surface area contributed by atoms with E-state index in [1.54, 1.807) is 19.1 Å². The van der Waals surface area contributed by atoms with Crippen LogP contribution in [0.15, 0.2) is 42.5 Å². The number of rotatable bonds is 6. The number of halogens is 1. The number of aryl methyl sites for hydroxylation is 1. The van der Waals surface area contributed by atoms with Crippen molar-refractivity contribution in [3.63, 3.8) is 0 Å². The third kappa shape index (κ3) is 4.26. The summed E-state index contributed by atoms with van der Waals surface area (Å²) in [5.74, 6) is -0.734. The van der Waals surface area contributed by atoms with Crippen LogP contribution in [-0.4, -0.2) is 24.1 Å². The average Bonchev–Trinajstić information content (AvgIpc) is 2.52. The van der Waals surface area contributed by atoms with Gasteiger partial charge in [-0.05, 0) is 37.3 Å². The molecule has 2 aromatic rings. The van der Waals surface area contributed by atoms with E-state index in [0.29, 0.717) is 11.3 Å². The van der Waals surface area contributed by atoms with Gasteiger partial charge >= 0.3 is 5.97 Å². The van der Waals surface area contributed by atoms with E-state index >= 15 is 0 Å². The lowest BCUT2D eigenvalue weighted by molar-refractivity contribution is -0.385. The van der Waals surface area contributed by atoms with E-state index in [-0.39, 0.29) is 30.3 Å². The summed E-state index contributed by atoms with van der Waals surface area (Å²) in [6.45, 7) is 1.52. The molecule has 0 aliphatic rings. The van der Waals surface area contributed by atoms with E-state index in [4.69, 9.17) is 9.47 Å². The van der Waals surface area contributed by atoms with Crippen molar-refractivity contribution in [1.82, 2.24) is 0 Å². The highest BCUT2D eigenvalue weighted by atomic mass is 19.1. The molecule has 0 aromatic heterocycles. The van der Waals surface area contributed by atoms with Gasteiger partial charge in [0.15, 0.2) is 0 Å². The van der Waals surface area contributed by atoms with Crippen LogP contribution in [0.1, 0.15) is 15.9 Å². The monoisotopic (exact) mass is 319 g/mol. The number of para-hydroxylation sites is 1.